The van der Waals surface area contributed by atoms with E-state index in [1.165, 1.54) is 12.8 Å². The van der Waals surface area contributed by atoms with Gasteiger partial charge in [-0.2, -0.15) is 0 Å². The van der Waals surface area contributed by atoms with Gasteiger partial charge in [0.15, 0.2) is 0 Å². The lowest BCUT2D eigenvalue weighted by atomic mass is 10.2. The van der Waals surface area contributed by atoms with E-state index in [1.807, 2.05) is 0 Å². The molecule has 0 radical (unpaired) electrons. The van der Waals surface area contributed by atoms with Crippen LogP contribution in [0.1, 0.15) is 19.3 Å². The van der Waals surface area contributed by atoms with E-state index in [2.05, 4.69) is 0 Å². The van der Waals surface area contributed by atoms with E-state index in [4.69, 9.17) is 21.1 Å². The van der Waals surface area contributed by atoms with Crippen LogP contribution < -0.4 is 0 Å². The number of hydrogen-bond acceptors (Lipinski definition) is 2. The van der Waals surface area contributed by atoms with Crippen molar-refractivity contribution in [1.29, 1.82) is 0 Å². The summed E-state index contributed by atoms with van der Waals surface area (Å²) in [6.45, 7) is 2.91. The zero-order valence-electron chi connectivity index (χ0n) is 6.72. The first-order chi connectivity index (χ1) is 5.43. The Hall–Kier alpha value is 0.210. The van der Waals surface area contributed by atoms with Gasteiger partial charge >= 0.3 is 0 Å². The second-order valence-electron chi connectivity index (χ2n) is 2.76. The van der Waals surface area contributed by atoms with E-state index in [0.717, 1.165) is 26.2 Å². The lowest BCUT2D eigenvalue weighted by Crippen LogP contribution is -2.27. The molecule has 1 unspecified atom stereocenters. The second kappa shape index (κ2) is 5.81. The van der Waals surface area contributed by atoms with Gasteiger partial charge in [-0.1, -0.05) is 0 Å². The first kappa shape index (κ1) is 9.30. The molecule has 66 valence electrons. The van der Waals surface area contributed by atoms with Crippen molar-refractivity contribution in [3.8, 4) is 0 Å². The van der Waals surface area contributed by atoms with Gasteiger partial charge in [0, 0.05) is 25.7 Å². The summed E-state index contributed by atoms with van der Waals surface area (Å²) >= 11 is 5.38. The predicted octanol–water partition coefficient (Wildman–Crippen LogP) is 1.81. The Kier molecular flexibility index (Phi) is 4.91. The average molecular weight is 179 g/mol. The van der Waals surface area contributed by atoms with Crippen molar-refractivity contribution < 1.29 is 9.47 Å². The standard InChI is InChI=1S/C4H7ClO.C4H8O/c5-3-4-1-2-6-4;1-2-4-5-3-1/h4H,1-3H2;1-4H2. The van der Waals surface area contributed by atoms with Crippen LogP contribution in [0.5, 0.6) is 0 Å². The molecule has 0 aromatic heterocycles. The van der Waals surface area contributed by atoms with E-state index in [-0.39, 0.29) is 0 Å². The SMILES string of the molecule is C1CCOC1.ClCC1CCO1. The lowest BCUT2D eigenvalue weighted by Gasteiger charge is -2.23. The van der Waals surface area contributed by atoms with Gasteiger partial charge in [-0.25, -0.2) is 0 Å². The fourth-order valence-electron chi connectivity index (χ4n) is 0.917. The van der Waals surface area contributed by atoms with Gasteiger partial charge in [-0.05, 0) is 19.3 Å². The van der Waals surface area contributed by atoms with Gasteiger partial charge in [-0.3, -0.25) is 0 Å². The normalized spacial score (nSPS) is 28.6. The van der Waals surface area contributed by atoms with E-state index < -0.39 is 0 Å². The minimum absolute atomic E-state index is 0.381. The number of alkyl halides is 1. The number of ether oxygens (including phenoxy) is 2. The minimum Gasteiger partial charge on any atom is -0.381 e. The molecular formula is C8H15ClO2. The Morgan fingerprint density at radius 3 is 1.91 bits per heavy atom. The maximum absolute atomic E-state index is 5.38. The van der Waals surface area contributed by atoms with Crippen LogP contribution in [0.15, 0.2) is 0 Å². The molecule has 0 aliphatic carbocycles. The third-order valence-electron chi connectivity index (χ3n) is 1.79. The third-order valence-corrected chi connectivity index (χ3v) is 2.14. The van der Waals surface area contributed by atoms with Gasteiger partial charge in [-0.15, -0.1) is 11.6 Å². The van der Waals surface area contributed by atoms with E-state index in [0.29, 0.717) is 12.0 Å². The molecule has 1 atom stereocenters. The van der Waals surface area contributed by atoms with Gasteiger partial charge < -0.3 is 9.47 Å². The summed E-state index contributed by atoms with van der Waals surface area (Å²) in [4.78, 5) is 0. The first-order valence-corrected chi connectivity index (χ1v) is 4.72. The molecular weight excluding hydrogens is 164 g/mol. The van der Waals surface area contributed by atoms with Gasteiger partial charge in [0.1, 0.15) is 0 Å². The molecule has 2 rings (SSSR count). The summed E-state index contributed by atoms with van der Waals surface area (Å²) in [6, 6.07) is 0. The topological polar surface area (TPSA) is 18.5 Å². The maximum atomic E-state index is 5.38. The van der Waals surface area contributed by atoms with E-state index in [9.17, 15) is 0 Å². The highest BCUT2D eigenvalue weighted by Crippen LogP contribution is 2.10. The molecule has 11 heavy (non-hydrogen) atoms. The fraction of sp³-hybridized carbons (Fsp3) is 1.00. The van der Waals surface area contributed by atoms with Crippen molar-refractivity contribution in [3.05, 3.63) is 0 Å². The van der Waals surface area contributed by atoms with Crippen LogP contribution in [0, 0.1) is 0 Å². The number of hydrogen-bond donors (Lipinski definition) is 0. The average Bonchev–Trinajstić information content (AvgIpc) is 2.39. The van der Waals surface area contributed by atoms with Crippen molar-refractivity contribution in [2.75, 3.05) is 25.7 Å². The highest BCUT2D eigenvalue weighted by molar-refractivity contribution is 6.18. The van der Waals surface area contributed by atoms with Crippen molar-refractivity contribution >= 4 is 11.6 Å². The predicted molar refractivity (Wildman–Crippen MR) is 45.1 cm³/mol. The molecule has 0 spiro atoms. The number of rotatable bonds is 1. The molecule has 2 nitrogen and oxygen atoms in total. The molecule has 0 aromatic rings. The number of halogens is 1. The Bertz CT molecular complexity index is 79.7. The van der Waals surface area contributed by atoms with Crippen LogP contribution >= 0.6 is 11.6 Å². The summed E-state index contributed by atoms with van der Waals surface area (Å²) < 4.78 is 9.89. The summed E-state index contributed by atoms with van der Waals surface area (Å²) in [5, 5.41) is 0. The Morgan fingerprint density at radius 2 is 1.82 bits per heavy atom. The highest BCUT2D eigenvalue weighted by Gasteiger charge is 2.15. The van der Waals surface area contributed by atoms with E-state index >= 15 is 0 Å². The molecule has 2 aliphatic heterocycles. The lowest BCUT2D eigenvalue weighted by molar-refractivity contribution is -0.0351. The van der Waals surface area contributed by atoms with Crippen molar-refractivity contribution in [3.63, 3.8) is 0 Å². The summed E-state index contributed by atoms with van der Waals surface area (Å²) in [5.41, 5.74) is 0. The molecule has 2 heterocycles. The second-order valence-corrected chi connectivity index (χ2v) is 3.06. The smallest absolute Gasteiger partial charge is 0.0732 e. The fourth-order valence-corrected chi connectivity index (χ4v) is 1.16. The molecule has 0 saturated carbocycles. The van der Waals surface area contributed by atoms with Crippen molar-refractivity contribution in [2.24, 2.45) is 0 Å². The van der Waals surface area contributed by atoms with E-state index in [1.54, 1.807) is 0 Å². The summed E-state index contributed by atoms with van der Waals surface area (Å²) in [5.74, 6) is 0.667. The van der Waals surface area contributed by atoms with Gasteiger partial charge in [0.25, 0.3) is 0 Å². The highest BCUT2D eigenvalue weighted by atomic mass is 35.5. The van der Waals surface area contributed by atoms with Gasteiger partial charge in [0.2, 0.25) is 0 Å². The first-order valence-electron chi connectivity index (χ1n) is 4.19. The van der Waals surface area contributed by atoms with Crippen LogP contribution in [0.3, 0.4) is 0 Å². The maximum Gasteiger partial charge on any atom is 0.0732 e. The van der Waals surface area contributed by atoms with Crippen LogP contribution in [-0.4, -0.2) is 31.8 Å². The van der Waals surface area contributed by atoms with Crippen molar-refractivity contribution in [2.45, 2.75) is 25.4 Å². The Labute approximate surface area is 72.8 Å². The van der Waals surface area contributed by atoms with Crippen molar-refractivity contribution in [1.82, 2.24) is 0 Å². The quantitative estimate of drug-likeness (QED) is 0.571. The molecule has 2 fully saturated rings. The largest absolute Gasteiger partial charge is 0.381 e. The van der Waals surface area contributed by atoms with Crippen LogP contribution in [-0.2, 0) is 9.47 Å². The molecule has 0 N–H and O–H groups in total. The van der Waals surface area contributed by atoms with Crippen LogP contribution in [0.4, 0.5) is 0 Å². The zero-order valence-corrected chi connectivity index (χ0v) is 7.48. The molecule has 0 amide bonds. The zero-order chi connectivity index (χ0) is 7.94. The molecule has 2 aliphatic rings. The van der Waals surface area contributed by atoms with Crippen LogP contribution in [0.2, 0.25) is 0 Å². The molecule has 2 saturated heterocycles. The summed E-state index contributed by atoms with van der Waals surface area (Å²) in [7, 11) is 0. The van der Waals surface area contributed by atoms with Crippen LogP contribution in [0.25, 0.3) is 0 Å². The Morgan fingerprint density at radius 1 is 1.18 bits per heavy atom. The molecule has 3 heteroatoms. The minimum atomic E-state index is 0.381. The molecule has 0 aromatic carbocycles. The van der Waals surface area contributed by atoms with Gasteiger partial charge in [0.05, 0.1) is 6.10 Å². The molecule has 0 bridgehead atoms. The third kappa shape index (κ3) is 3.94. The summed E-state index contributed by atoms with van der Waals surface area (Å²) in [6.07, 6.45) is 4.09. The monoisotopic (exact) mass is 178 g/mol. The Balaban J connectivity index is 0.000000112.